The second-order valence-electron chi connectivity index (χ2n) is 3.48. The van der Waals surface area contributed by atoms with E-state index in [4.69, 9.17) is 5.11 Å². The lowest BCUT2D eigenvalue weighted by molar-refractivity contribution is -0.0243. The lowest BCUT2D eigenvalue weighted by Gasteiger charge is -2.36. The molecule has 0 radical (unpaired) electrons. The number of hydrogen-bond donors (Lipinski definition) is 2. The van der Waals surface area contributed by atoms with Crippen molar-refractivity contribution < 1.29 is 15.0 Å². The summed E-state index contributed by atoms with van der Waals surface area (Å²) in [6.07, 6.45) is 1.83. The van der Waals surface area contributed by atoms with Crippen LogP contribution in [0.4, 0.5) is 4.79 Å². The molecule has 2 rings (SSSR count). The zero-order chi connectivity index (χ0) is 10.8. The first kappa shape index (κ1) is 9.91. The molecule has 0 aromatic carbocycles. The van der Waals surface area contributed by atoms with Gasteiger partial charge in [0.05, 0.1) is 12.3 Å². The maximum absolute atomic E-state index is 11.0. The molecule has 15 heavy (non-hydrogen) atoms. The van der Waals surface area contributed by atoms with Gasteiger partial charge in [0.1, 0.15) is 0 Å². The molecule has 1 aromatic heterocycles. The number of aliphatic hydroxyl groups is 1. The van der Waals surface area contributed by atoms with Crippen molar-refractivity contribution in [3.63, 3.8) is 0 Å². The molecule has 1 amide bonds. The van der Waals surface area contributed by atoms with E-state index < -0.39 is 18.4 Å². The molecule has 82 valence electrons. The van der Waals surface area contributed by atoms with Gasteiger partial charge in [-0.3, -0.25) is 4.90 Å². The van der Waals surface area contributed by atoms with Crippen molar-refractivity contribution in [2.45, 2.75) is 25.1 Å². The van der Waals surface area contributed by atoms with Gasteiger partial charge in [0.15, 0.2) is 6.17 Å². The monoisotopic (exact) mass is 212 g/mol. The number of carboxylic acid groups (broad SMARTS) is 1. The van der Waals surface area contributed by atoms with Crippen molar-refractivity contribution in [2.24, 2.45) is 0 Å². The predicted octanol–water partition coefficient (Wildman–Crippen LogP) is -0.0886. The average molecular weight is 212 g/mol. The molecule has 2 heterocycles. The van der Waals surface area contributed by atoms with Crippen molar-refractivity contribution >= 4 is 6.09 Å². The van der Waals surface area contributed by atoms with Crippen LogP contribution in [0.5, 0.6) is 0 Å². The number of aromatic nitrogens is 3. The first-order valence-corrected chi connectivity index (χ1v) is 4.73. The van der Waals surface area contributed by atoms with E-state index in [2.05, 4.69) is 10.3 Å². The molecule has 2 atom stereocenters. The van der Waals surface area contributed by atoms with E-state index in [9.17, 15) is 9.90 Å². The Bertz CT molecular complexity index is 340. The van der Waals surface area contributed by atoms with Crippen molar-refractivity contribution in [1.82, 2.24) is 19.9 Å². The van der Waals surface area contributed by atoms with Crippen LogP contribution in [0.3, 0.4) is 0 Å². The van der Waals surface area contributed by atoms with E-state index in [0.717, 1.165) is 0 Å². The molecular formula is C8H12N4O3. The molecule has 1 fully saturated rings. The number of rotatable bonds is 1. The highest BCUT2D eigenvalue weighted by Crippen LogP contribution is 2.25. The fraction of sp³-hybridized carbons (Fsp3) is 0.625. The Hall–Kier alpha value is -1.63. The van der Waals surface area contributed by atoms with Crippen LogP contribution >= 0.6 is 0 Å². The van der Waals surface area contributed by atoms with Crippen LogP contribution in [-0.2, 0) is 0 Å². The van der Waals surface area contributed by atoms with E-state index in [1.165, 1.54) is 15.8 Å². The molecule has 0 aliphatic carbocycles. The van der Waals surface area contributed by atoms with E-state index in [0.29, 0.717) is 19.4 Å². The quantitative estimate of drug-likeness (QED) is 0.678. The summed E-state index contributed by atoms with van der Waals surface area (Å²) in [6, 6.07) is 0. The third-order valence-electron chi connectivity index (χ3n) is 2.52. The number of amides is 1. The van der Waals surface area contributed by atoms with Gasteiger partial charge >= 0.3 is 6.09 Å². The van der Waals surface area contributed by atoms with Gasteiger partial charge in [0.25, 0.3) is 0 Å². The first-order valence-electron chi connectivity index (χ1n) is 4.73. The van der Waals surface area contributed by atoms with Crippen LogP contribution in [0.1, 0.15) is 19.0 Å². The molecule has 1 aromatic rings. The summed E-state index contributed by atoms with van der Waals surface area (Å²) in [4.78, 5) is 12.1. The molecule has 1 aliphatic rings. The largest absolute Gasteiger partial charge is 0.465 e. The fourth-order valence-corrected chi connectivity index (χ4v) is 1.85. The van der Waals surface area contributed by atoms with E-state index in [1.54, 1.807) is 6.20 Å². The van der Waals surface area contributed by atoms with E-state index >= 15 is 0 Å². The van der Waals surface area contributed by atoms with Crippen LogP contribution in [0.15, 0.2) is 12.4 Å². The summed E-state index contributed by atoms with van der Waals surface area (Å²) >= 11 is 0. The number of aliphatic hydroxyl groups excluding tert-OH is 1. The minimum absolute atomic E-state index is 0.414. The van der Waals surface area contributed by atoms with Crippen LogP contribution in [-0.4, -0.2) is 48.8 Å². The highest BCUT2D eigenvalue weighted by atomic mass is 16.4. The number of piperidine rings is 1. The van der Waals surface area contributed by atoms with Crippen molar-refractivity contribution in [1.29, 1.82) is 0 Å². The molecule has 0 spiro atoms. The molecule has 0 bridgehead atoms. The average Bonchev–Trinajstić information content (AvgIpc) is 2.70. The maximum atomic E-state index is 11.0. The fourth-order valence-electron chi connectivity index (χ4n) is 1.85. The van der Waals surface area contributed by atoms with Crippen LogP contribution < -0.4 is 0 Å². The SMILES string of the molecule is O=C(O)N1CCCC(O)C1n1ccnn1. The summed E-state index contributed by atoms with van der Waals surface area (Å²) in [5, 5.41) is 26.1. The van der Waals surface area contributed by atoms with Gasteiger partial charge in [-0.25, -0.2) is 9.48 Å². The molecule has 7 heteroatoms. The second-order valence-corrected chi connectivity index (χ2v) is 3.48. The van der Waals surface area contributed by atoms with Crippen LogP contribution in [0, 0.1) is 0 Å². The Morgan fingerprint density at radius 2 is 2.33 bits per heavy atom. The highest BCUT2D eigenvalue weighted by molar-refractivity contribution is 5.65. The van der Waals surface area contributed by atoms with Crippen LogP contribution in [0.25, 0.3) is 0 Å². The molecule has 7 nitrogen and oxygen atoms in total. The zero-order valence-corrected chi connectivity index (χ0v) is 8.02. The lowest BCUT2D eigenvalue weighted by Crippen LogP contribution is -2.47. The zero-order valence-electron chi connectivity index (χ0n) is 8.02. The number of carbonyl (C=O) groups is 1. The van der Waals surface area contributed by atoms with Crippen molar-refractivity contribution in [3.05, 3.63) is 12.4 Å². The Morgan fingerprint density at radius 1 is 1.53 bits per heavy atom. The third-order valence-corrected chi connectivity index (χ3v) is 2.52. The minimum atomic E-state index is -1.05. The molecule has 2 unspecified atom stereocenters. The second kappa shape index (κ2) is 3.85. The molecule has 1 saturated heterocycles. The third kappa shape index (κ3) is 1.78. The Labute approximate surface area is 85.9 Å². The summed E-state index contributed by atoms with van der Waals surface area (Å²) < 4.78 is 1.37. The molecular weight excluding hydrogens is 200 g/mol. The van der Waals surface area contributed by atoms with E-state index in [-0.39, 0.29) is 0 Å². The highest BCUT2D eigenvalue weighted by Gasteiger charge is 2.35. The molecule has 1 aliphatic heterocycles. The van der Waals surface area contributed by atoms with Crippen molar-refractivity contribution in [2.75, 3.05) is 6.54 Å². The van der Waals surface area contributed by atoms with Gasteiger partial charge in [-0.05, 0) is 12.8 Å². The van der Waals surface area contributed by atoms with Gasteiger partial charge in [-0.15, -0.1) is 5.10 Å². The first-order chi connectivity index (χ1) is 7.20. The molecule has 2 N–H and O–H groups in total. The lowest BCUT2D eigenvalue weighted by atomic mass is 10.1. The Morgan fingerprint density at radius 3 is 2.93 bits per heavy atom. The van der Waals surface area contributed by atoms with Gasteiger partial charge in [-0.2, -0.15) is 0 Å². The van der Waals surface area contributed by atoms with Crippen LogP contribution in [0.2, 0.25) is 0 Å². The smallest absolute Gasteiger partial charge is 0.409 e. The van der Waals surface area contributed by atoms with Gasteiger partial charge in [-0.1, -0.05) is 5.21 Å². The predicted molar refractivity (Wildman–Crippen MR) is 49.0 cm³/mol. The minimum Gasteiger partial charge on any atom is -0.465 e. The topological polar surface area (TPSA) is 91.5 Å². The number of hydrogen-bond acceptors (Lipinski definition) is 4. The summed E-state index contributed by atoms with van der Waals surface area (Å²) in [7, 11) is 0. The van der Waals surface area contributed by atoms with E-state index in [1.807, 2.05) is 0 Å². The van der Waals surface area contributed by atoms with Crippen molar-refractivity contribution in [3.8, 4) is 0 Å². The maximum Gasteiger partial charge on any atom is 0.409 e. The normalized spacial score (nSPS) is 26.6. The Kier molecular flexibility index (Phi) is 2.55. The number of nitrogens with zero attached hydrogens (tertiary/aromatic N) is 4. The van der Waals surface area contributed by atoms with Gasteiger partial charge in [0, 0.05) is 12.7 Å². The number of likely N-dealkylation sites (tertiary alicyclic amines) is 1. The standard InChI is InChI=1S/C8H12N4O3/c13-6-2-1-4-11(8(14)15)7(6)12-5-3-9-10-12/h3,5-7,13H,1-2,4H2,(H,14,15). The Balaban J connectivity index is 2.26. The van der Waals surface area contributed by atoms with Gasteiger partial charge in [0.2, 0.25) is 0 Å². The van der Waals surface area contributed by atoms with Gasteiger partial charge < -0.3 is 10.2 Å². The summed E-state index contributed by atoms with van der Waals surface area (Å²) in [5.41, 5.74) is 0. The molecule has 0 saturated carbocycles. The summed E-state index contributed by atoms with van der Waals surface area (Å²) in [6.45, 7) is 0.414. The summed E-state index contributed by atoms with van der Waals surface area (Å²) in [5.74, 6) is 0.